The number of rotatable bonds is 3. The molecule has 21 heavy (non-hydrogen) atoms. The third kappa shape index (κ3) is 3.22. The fraction of sp³-hybridized carbons (Fsp3) is 0.500. The van der Waals surface area contributed by atoms with Crippen LogP contribution in [0.15, 0.2) is 23.1 Å². The quantitative estimate of drug-likeness (QED) is 0.919. The molecule has 1 saturated heterocycles. The molecule has 2 rings (SSSR count). The SMILES string of the molecule is CC1CCC(CN)CN1S(=O)(=O)c1ccc(C#N)c(Cl)c1. The Balaban J connectivity index is 2.37. The summed E-state index contributed by atoms with van der Waals surface area (Å²) in [5.74, 6) is 0.185. The highest BCUT2D eigenvalue weighted by Crippen LogP contribution is 2.29. The van der Waals surface area contributed by atoms with Gasteiger partial charge in [-0.3, -0.25) is 0 Å². The summed E-state index contributed by atoms with van der Waals surface area (Å²) in [6, 6.07) is 6.06. The van der Waals surface area contributed by atoms with Gasteiger partial charge in [0.05, 0.1) is 15.5 Å². The molecule has 2 atom stereocenters. The van der Waals surface area contributed by atoms with Crippen molar-refractivity contribution in [2.24, 2.45) is 11.7 Å². The minimum absolute atomic E-state index is 0.0628. The molecule has 1 aromatic carbocycles. The number of hydrogen-bond donors (Lipinski definition) is 1. The summed E-state index contributed by atoms with van der Waals surface area (Å²) in [4.78, 5) is 0.121. The van der Waals surface area contributed by atoms with Gasteiger partial charge in [0.25, 0.3) is 0 Å². The molecule has 114 valence electrons. The van der Waals surface area contributed by atoms with Crippen LogP contribution < -0.4 is 5.73 Å². The number of nitrogens with zero attached hydrogens (tertiary/aromatic N) is 2. The zero-order valence-electron chi connectivity index (χ0n) is 11.8. The zero-order valence-corrected chi connectivity index (χ0v) is 13.4. The molecule has 2 unspecified atom stereocenters. The van der Waals surface area contributed by atoms with Crippen LogP contribution in [0.3, 0.4) is 0 Å². The second-order valence-corrected chi connectivity index (χ2v) is 7.65. The van der Waals surface area contributed by atoms with E-state index in [0.29, 0.717) is 13.1 Å². The van der Waals surface area contributed by atoms with Crippen LogP contribution in [-0.2, 0) is 10.0 Å². The number of benzene rings is 1. The lowest BCUT2D eigenvalue weighted by Crippen LogP contribution is -2.46. The molecular weight excluding hydrogens is 310 g/mol. The number of nitriles is 1. The van der Waals surface area contributed by atoms with Crippen molar-refractivity contribution < 1.29 is 8.42 Å². The van der Waals surface area contributed by atoms with E-state index in [2.05, 4.69) is 0 Å². The Morgan fingerprint density at radius 3 is 2.76 bits per heavy atom. The van der Waals surface area contributed by atoms with E-state index in [0.717, 1.165) is 12.8 Å². The highest BCUT2D eigenvalue weighted by molar-refractivity contribution is 7.89. The molecule has 7 heteroatoms. The zero-order chi connectivity index (χ0) is 15.6. The summed E-state index contributed by atoms with van der Waals surface area (Å²) in [6.07, 6.45) is 1.74. The first-order valence-electron chi connectivity index (χ1n) is 6.81. The molecule has 0 amide bonds. The highest BCUT2D eigenvalue weighted by Gasteiger charge is 2.34. The van der Waals surface area contributed by atoms with E-state index in [9.17, 15) is 8.42 Å². The largest absolute Gasteiger partial charge is 0.330 e. The smallest absolute Gasteiger partial charge is 0.243 e. The predicted octanol–water partition coefficient (Wildman–Crippen LogP) is 1.96. The third-order valence-corrected chi connectivity index (χ3v) is 6.21. The standard InChI is InChI=1S/C14H18ClN3O2S/c1-10-2-3-11(7-16)9-18(10)21(19,20)13-5-4-12(8-17)14(15)6-13/h4-6,10-11H,2-3,7,9,16H2,1H3. The first-order valence-corrected chi connectivity index (χ1v) is 8.63. The van der Waals surface area contributed by atoms with E-state index < -0.39 is 10.0 Å². The second kappa shape index (κ2) is 6.32. The summed E-state index contributed by atoms with van der Waals surface area (Å²) in [5, 5.41) is 9.01. The van der Waals surface area contributed by atoms with Gasteiger partial charge in [-0.25, -0.2) is 8.42 Å². The lowest BCUT2D eigenvalue weighted by molar-refractivity contribution is 0.211. The molecule has 0 aromatic heterocycles. The Bertz CT molecular complexity index is 669. The molecule has 0 saturated carbocycles. The summed E-state index contributed by atoms with van der Waals surface area (Å²) in [6.45, 7) is 2.81. The fourth-order valence-electron chi connectivity index (χ4n) is 2.56. The molecular formula is C14H18ClN3O2S. The molecule has 1 heterocycles. The second-order valence-electron chi connectivity index (χ2n) is 5.36. The monoisotopic (exact) mass is 327 g/mol. The van der Waals surface area contributed by atoms with Gasteiger partial charge in [0.2, 0.25) is 10.0 Å². The van der Waals surface area contributed by atoms with Gasteiger partial charge in [-0.1, -0.05) is 11.6 Å². The van der Waals surface area contributed by atoms with E-state index in [1.54, 1.807) is 0 Å². The van der Waals surface area contributed by atoms with E-state index in [1.807, 2.05) is 13.0 Å². The first kappa shape index (κ1) is 16.2. The van der Waals surface area contributed by atoms with Crippen molar-refractivity contribution in [3.8, 4) is 6.07 Å². The van der Waals surface area contributed by atoms with Crippen LogP contribution in [0.25, 0.3) is 0 Å². The van der Waals surface area contributed by atoms with E-state index in [-0.39, 0.29) is 27.4 Å². The van der Waals surface area contributed by atoms with Crippen molar-refractivity contribution in [3.63, 3.8) is 0 Å². The van der Waals surface area contributed by atoms with Crippen molar-refractivity contribution in [2.45, 2.75) is 30.7 Å². The van der Waals surface area contributed by atoms with E-state index >= 15 is 0 Å². The van der Waals surface area contributed by atoms with Gasteiger partial charge in [0.15, 0.2) is 0 Å². The van der Waals surface area contributed by atoms with Crippen LogP contribution in [0.4, 0.5) is 0 Å². The molecule has 1 aromatic rings. The Morgan fingerprint density at radius 2 is 2.19 bits per heavy atom. The van der Waals surface area contributed by atoms with Gasteiger partial charge in [-0.2, -0.15) is 9.57 Å². The van der Waals surface area contributed by atoms with Gasteiger partial charge in [0.1, 0.15) is 6.07 Å². The maximum Gasteiger partial charge on any atom is 0.243 e. The number of hydrogen-bond acceptors (Lipinski definition) is 4. The van der Waals surface area contributed by atoms with Gasteiger partial charge in [0, 0.05) is 12.6 Å². The topological polar surface area (TPSA) is 87.2 Å². The minimum atomic E-state index is -3.62. The summed E-state index contributed by atoms with van der Waals surface area (Å²) < 4.78 is 27.0. The Kier molecular flexibility index (Phi) is 4.89. The summed E-state index contributed by atoms with van der Waals surface area (Å²) >= 11 is 5.94. The number of halogens is 1. The van der Waals surface area contributed by atoms with E-state index in [4.69, 9.17) is 22.6 Å². The summed E-state index contributed by atoms with van der Waals surface area (Å²) in [5.41, 5.74) is 5.94. The number of nitrogens with two attached hydrogens (primary N) is 1. The molecule has 0 spiro atoms. The number of sulfonamides is 1. The molecule has 2 N–H and O–H groups in total. The van der Waals surface area contributed by atoms with Crippen molar-refractivity contribution in [3.05, 3.63) is 28.8 Å². The first-order chi connectivity index (χ1) is 9.90. The maximum atomic E-state index is 12.8. The van der Waals surface area contributed by atoms with Gasteiger partial charge in [-0.15, -0.1) is 0 Å². The van der Waals surface area contributed by atoms with Crippen molar-refractivity contribution in [1.29, 1.82) is 5.26 Å². The van der Waals surface area contributed by atoms with Crippen LogP contribution in [0.5, 0.6) is 0 Å². The lowest BCUT2D eigenvalue weighted by atomic mass is 9.96. The van der Waals surface area contributed by atoms with Crippen LogP contribution in [0.1, 0.15) is 25.3 Å². The highest BCUT2D eigenvalue weighted by atomic mass is 35.5. The molecule has 5 nitrogen and oxygen atoms in total. The minimum Gasteiger partial charge on any atom is -0.330 e. The Morgan fingerprint density at radius 1 is 1.48 bits per heavy atom. The van der Waals surface area contributed by atoms with Crippen LogP contribution in [-0.4, -0.2) is 31.9 Å². The van der Waals surface area contributed by atoms with Gasteiger partial charge < -0.3 is 5.73 Å². The maximum absolute atomic E-state index is 12.8. The van der Waals surface area contributed by atoms with Crippen LogP contribution in [0.2, 0.25) is 5.02 Å². The van der Waals surface area contributed by atoms with Gasteiger partial charge in [-0.05, 0) is 50.4 Å². The lowest BCUT2D eigenvalue weighted by Gasteiger charge is -2.36. The van der Waals surface area contributed by atoms with Crippen LogP contribution in [0, 0.1) is 17.2 Å². The molecule has 1 aliphatic heterocycles. The summed E-state index contributed by atoms with van der Waals surface area (Å²) in [7, 11) is -3.62. The molecule has 0 radical (unpaired) electrons. The van der Waals surface area contributed by atoms with Crippen molar-refractivity contribution >= 4 is 21.6 Å². The van der Waals surface area contributed by atoms with Crippen molar-refractivity contribution in [1.82, 2.24) is 4.31 Å². The Hall–Kier alpha value is -1.13. The number of piperidine rings is 1. The molecule has 0 bridgehead atoms. The van der Waals surface area contributed by atoms with Crippen molar-refractivity contribution in [2.75, 3.05) is 13.1 Å². The Labute approximate surface area is 130 Å². The normalized spacial score (nSPS) is 23.7. The molecule has 0 aliphatic carbocycles. The average molecular weight is 328 g/mol. The predicted molar refractivity (Wildman–Crippen MR) is 81.3 cm³/mol. The third-order valence-electron chi connectivity index (χ3n) is 3.92. The molecule has 1 aliphatic rings. The van der Waals surface area contributed by atoms with Gasteiger partial charge >= 0.3 is 0 Å². The van der Waals surface area contributed by atoms with Crippen LogP contribution >= 0.6 is 11.6 Å². The average Bonchev–Trinajstić information content (AvgIpc) is 2.47. The fourth-order valence-corrected chi connectivity index (χ4v) is 4.61. The van der Waals surface area contributed by atoms with E-state index in [1.165, 1.54) is 22.5 Å². The molecule has 1 fully saturated rings.